The summed E-state index contributed by atoms with van der Waals surface area (Å²) in [6.45, 7) is 0. The Hall–Kier alpha value is -4.92. The minimum Gasteiger partial charge on any atom is -0.371 e. The molecular formula is C27H21N5O4. The SMILES string of the molecule is Cn1c(=O)c2c(-c3ccccc3)n3c(c2n(C)c1=O)[C@H](c1ccccc1[N+](=O)[O-])Nc1ccccc1-3. The van der Waals surface area contributed by atoms with Crippen LogP contribution in [0.4, 0.5) is 11.4 Å². The molecule has 0 fully saturated rings. The third-order valence-electron chi connectivity index (χ3n) is 6.82. The number of rotatable bonds is 3. The quantitative estimate of drug-likeness (QED) is 0.310. The van der Waals surface area contributed by atoms with Crippen molar-refractivity contribution in [1.82, 2.24) is 13.7 Å². The summed E-state index contributed by atoms with van der Waals surface area (Å²) in [5.41, 5.74) is 3.49. The Morgan fingerprint density at radius 2 is 1.53 bits per heavy atom. The third kappa shape index (κ3) is 2.89. The molecule has 0 amide bonds. The molecule has 1 atom stereocenters. The van der Waals surface area contributed by atoms with E-state index in [2.05, 4.69) is 5.32 Å². The topological polar surface area (TPSA) is 104 Å². The van der Waals surface area contributed by atoms with Crippen molar-refractivity contribution >= 4 is 22.3 Å². The van der Waals surface area contributed by atoms with Gasteiger partial charge in [-0.1, -0.05) is 54.6 Å². The lowest BCUT2D eigenvalue weighted by Gasteiger charge is -2.31. The van der Waals surface area contributed by atoms with E-state index in [1.54, 1.807) is 25.2 Å². The van der Waals surface area contributed by atoms with E-state index < -0.39 is 22.2 Å². The van der Waals surface area contributed by atoms with E-state index in [0.717, 1.165) is 21.5 Å². The highest BCUT2D eigenvalue weighted by Crippen LogP contribution is 2.46. The second-order valence-electron chi connectivity index (χ2n) is 8.78. The van der Waals surface area contributed by atoms with Crippen LogP contribution in [0.3, 0.4) is 0 Å². The van der Waals surface area contributed by atoms with E-state index >= 15 is 0 Å². The Morgan fingerprint density at radius 1 is 0.861 bits per heavy atom. The molecule has 0 unspecified atom stereocenters. The molecule has 1 aliphatic heterocycles. The highest BCUT2D eigenvalue weighted by atomic mass is 16.6. The summed E-state index contributed by atoms with van der Waals surface area (Å²) < 4.78 is 4.51. The van der Waals surface area contributed by atoms with Gasteiger partial charge in [0.05, 0.1) is 44.2 Å². The zero-order valence-electron chi connectivity index (χ0n) is 19.5. The van der Waals surface area contributed by atoms with Gasteiger partial charge < -0.3 is 9.88 Å². The Balaban J connectivity index is 1.88. The summed E-state index contributed by atoms with van der Waals surface area (Å²) in [7, 11) is 3.08. The van der Waals surface area contributed by atoms with Gasteiger partial charge in [-0.05, 0) is 23.8 Å². The van der Waals surface area contributed by atoms with Crippen LogP contribution in [0, 0.1) is 10.1 Å². The average molecular weight is 479 g/mol. The van der Waals surface area contributed by atoms with E-state index in [9.17, 15) is 19.7 Å². The molecule has 3 heterocycles. The maximum atomic E-state index is 13.7. The minimum atomic E-state index is -0.695. The number of nitro groups is 1. The van der Waals surface area contributed by atoms with Crippen LogP contribution >= 0.6 is 0 Å². The van der Waals surface area contributed by atoms with Gasteiger partial charge in [0.15, 0.2) is 0 Å². The van der Waals surface area contributed by atoms with Gasteiger partial charge in [-0.3, -0.25) is 24.0 Å². The van der Waals surface area contributed by atoms with Crippen molar-refractivity contribution in [1.29, 1.82) is 0 Å². The second kappa shape index (κ2) is 7.81. The van der Waals surface area contributed by atoms with Gasteiger partial charge in [-0.25, -0.2) is 4.79 Å². The van der Waals surface area contributed by atoms with Crippen LogP contribution in [0.15, 0.2) is 88.5 Å². The second-order valence-corrected chi connectivity index (χ2v) is 8.78. The summed E-state index contributed by atoms with van der Waals surface area (Å²) in [4.78, 5) is 38.3. The molecule has 2 aromatic heterocycles. The molecule has 1 aliphatic rings. The van der Waals surface area contributed by atoms with Crippen molar-refractivity contribution in [2.24, 2.45) is 14.1 Å². The average Bonchev–Trinajstić information content (AvgIpc) is 3.27. The van der Waals surface area contributed by atoms with Crippen molar-refractivity contribution in [3.63, 3.8) is 0 Å². The molecule has 3 aromatic carbocycles. The highest BCUT2D eigenvalue weighted by Gasteiger charge is 2.37. The number of nitrogens with zero attached hydrogens (tertiary/aromatic N) is 4. The lowest BCUT2D eigenvalue weighted by molar-refractivity contribution is -0.385. The molecule has 36 heavy (non-hydrogen) atoms. The van der Waals surface area contributed by atoms with Crippen molar-refractivity contribution in [2.45, 2.75) is 6.04 Å². The van der Waals surface area contributed by atoms with E-state index in [1.807, 2.05) is 59.2 Å². The number of aryl methyl sites for hydroxylation is 1. The third-order valence-corrected chi connectivity index (χ3v) is 6.82. The van der Waals surface area contributed by atoms with E-state index in [1.165, 1.54) is 17.7 Å². The number of anilines is 1. The minimum absolute atomic E-state index is 0.0506. The number of nitrogens with one attached hydrogen (secondary N) is 1. The summed E-state index contributed by atoms with van der Waals surface area (Å²) in [6.07, 6.45) is 0. The number of fused-ring (bicyclic) bond motifs is 5. The first-order valence-electron chi connectivity index (χ1n) is 11.4. The fraction of sp³-hybridized carbons (Fsp3) is 0.111. The number of aromatic nitrogens is 3. The summed E-state index contributed by atoms with van der Waals surface area (Å²) >= 11 is 0. The Kier molecular flexibility index (Phi) is 4.68. The van der Waals surface area contributed by atoms with Crippen molar-refractivity contribution < 1.29 is 4.92 Å². The summed E-state index contributed by atoms with van der Waals surface area (Å²) in [5.74, 6) is 0. The van der Waals surface area contributed by atoms with Crippen LogP contribution in [0.1, 0.15) is 17.3 Å². The zero-order chi connectivity index (χ0) is 25.1. The summed E-state index contributed by atoms with van der Waals surface area (Å²) in [5, 5.41) is 15.8. The number of para-hydroxylation sites is 3. The molecule has 9 nitrogen and oxygen atoms in total. The van der Waals surface area contributed by atoms with Gasteiger partial charge in [0.1, 0.15) is 6.04 Å². The van der Waals surface area contributed by atoms with Crippen LogP contribution in [0.5, 0.6) is 0 Å². The van der Waals surface area contributed by atoms with E-state index in [0.29, 0.717) is 27.9 Å². The smallest absolute Gasteiger partial charge is 0.331 e. The van der Waals surface area contributed by atoms with Gasteiger partial charge in [0.25, 0.3) is 11.2 Å². The molecular weight excluding hydrogens is 458 g/mol. The molecule has 1 N–H and O–H groups in total. The Morgan fingerprint density at radius 3 is 2.28 bits per heavy atom. The van der Waals surface area contributed by atoms with E-state index in [4.69, 9.17) is 0 Å². The van der Waals surface area contributed by atoms with Gasteiger partial charge >= 0.3 is 5.69 Å². The molecule has 0 saturated carbocycles. The van der Waals surface area contributed by atoms with Gasteiger partial charge in [0.2, 0.25) is 0 Å². The fourth-order valence-electron chi connectivity index (χ4n) is 5.22. The van der Waals surface area contributed by atoms with Crippen LogP contribution in [0.25, 0.3) is 27.8 Å². The van der Waals surface area contributed by atoms with Gasteiger partial charge in [0, 0.05) is 20.2 Å². The molecule has 5 aromatic rings. The maximum absolute atomic E-state index is 13.7. The van der Waals surface area contributed by atoms with Crippen LogP contribution < -0.4 is 16.6 Å². The number of hydrogen-bond acceptors (Lipinski definition) is 5. The molecule has 0 bridgehead atoms. The van der Waals surface area contributed by atoms with Crippen LogP contribution in [-0.4, -0.2) is 18.6 Å². The summed E-state index contributed by atoms with van der Waals surface area (Å²) in [6, 6.07) is 22.9. The predicted molar refractivity (Wildman–Crippen MR) is 138 cm³/mol. The van der Waals surface area contributed by atoms with Crippen molar-refractivity contribution in [3.8, 4) is 16.9 Å². The van der Waals surface area contributed by atoms with Crippen LogP contribution in [-0.2, 0) is 14.1 Å². The normalized spacial score (nSPS) is 14.2. The molecule has 0 spiro atoms. The molecule has 9 heteroatoms. The number of benzene rings is 3. The molecule has 0 aliphatic carbocycles. The molecule has 0 radical (unpaired) electrons. The largest absolute Gasteiger partial charge is 0.371 e. The maximum Gasteiger partial charge on any atom is 0.331 e. The highest BCUT2D eigenvalue weighted by molar-refractivity contribution is 5.99. The van der Waals surface area contributed by atoms with Crippen molar-refractivity contribution in [2.75, 3.05) is 5.32 Å². The number of nitro benzene ring substituents is 1. The lowest BCUT2D eigenvalue weighted by atomic mass is 9.98. The monoisotopic (exact) mass is 479 g/mol. The zero-order valence-corrected chi connectivity index (χ0v) is 19.5. The first kappa shape index (κ1) is 21.6. The molecule has 178 valence electrons. The van der Waals surface area contributed by atoms with Crippen molar-refractivity contribution in [3.05, 3.63) is 121 Å². The van der Waals surface area contributed by atoms with Gasteiger partial charge in [-0.15, -0.1) is 0 Å². The molecule has 0 saturated heterocycles. The Labute approximate surface area is 204 Å². The molecule has 6 rings (SSSR count). The Bertz CT molecular complexity index is 1810. The standard InChI is InChI=1S/C27H21N5O4/c1-29-24-21(26(33)30(2)27(29)34)23(16-10-4-3-5-11-16)31-20-15-9-7-13-18(20)28-22(25(24)31)17-12-6-8-14-19(17)32(35)36/h3-15,22,28H,1-2H3/t22-/m0/s1. The first-order valence-corrected chi connectivity index (χ1v) is 11.4. The number of hydrogen-bond donors (Lipinski definition) is 1. The van der Waals surface area contributed by atoms with Crippen LogP contribution in [0.2, 0.25) is 0 Å². The van der Waals surface area contributed by atoms with Gasteiger partial charge in [-0.2, -0.15) is 0 Å². The van der Waals surface area contributed by atoms with E-state index in [-0.39, 0.29) is 5.69 Å². The fourth-order valence-corrected chi connectivity index (χ4v) is 5.22. The lowest BCUT2D eigenvalue weighted by Crippen LogP contribution is -2.37. The first-order chi connectivity index (χ1) is 17.4. The predicted octanol–water partition coefficient (Wildman–Crippen LogP) is 4.12.